The molecule has 0 aliphatic carbocycles. The van der Waals surface area contributed by atoms with E-state index >= 15 is 0 Å². The van der Waals surface area contributed by atoms with Gasteiger partial charge in [-0.1, -0.05) is 57.5 Å². The highest BCUT2D eigenvalue weighted by Crippen LogP contribution is 2.39. The van der Waals surface area contributed by atoms with Crippen LogP contribution < -0.4 is 10.0 Å². The molecule has 0 aliphatic heterocycles. The fraction of sp³-hybridized carbons (Fsp3) is 0.333. The molecule has 2 aromatic rings. The first-order valence-corrected chi connectivity index (χ1v) is 8.24. The van der Waals surface area contributed by atoms with Gasteiger partial charge < -0.3 is 9.47 Å². The second-order valence-corrected chi connectivity index (χ2v) is 6.97. The van der Waals surface area contributed by atoms with Gasteiger partial charge in [0.25, 0.3) is 0 Å². The van der Waals surface area contributed by atoms with E-state index in [4.69, 9.17) is 9.47 Å². The SMILES string of the molecule is COCOc1ccc(C)cc1C(C)Pc1ccccc1C. The molecule has 0 aromatic heterocycles. The summed E-state index contributed by atoms with van der Waals surface area (Å²) in [6.45, 7) is 6.84. The van der Waals surface area contributed by atoms with E-state index in [1.807, 2.05) is 6.07 Å². The molecular weight excluding hydrogens is 279 g/mol. The Labute approximate surface area is 129 Å². The maximum absolute atomic E-state index is 5.71. The molecule has 0 radical (unpaired) electrons. The first-order valence-electron chi connectivity index (χ1n) is 7.16. The van der Waals surface area contributed by atoms with Crippen LogP contribution in [0.2, 0.25) is 0 Å². The molecule has 0 heterocycles. The number of methoxy groups -OCH3 is 1. The third-order valence-corrected chi connectivity index (χ3v) is 5.10. The molecular formula is C18H23O2P. The molecule has 2 nitrogen and oxygen atoms in total. The Bertz CT molecular complexity index is 596. The molecule has 0 amide bonds. The van der Waals surface area contributed by atoms with Gasteiger partial charge in [0, 0.05) is 18.3 Å². The van der Waals surface area contributed by atoms with Gasteiger partial charge in [-0.2, -0.15) is 0 Å². The molecule has 112 valence electrons. The zero-order valence-electron chi connectivity index (χ0n) is 13.1. The van der Waals surface area contributed by atoms with Gasteiger partial charge >= 0.3 is 0 Å². The highest BCUT2D eigenvalue weighted by atomic mass is 31.1. The molecule has 0 bridgehead atoms. The van der Waals surface area contributed by atoms with Gasteiger partial charge in [0.05, 0.1) is 0 Å². The summed E-state index contributed by atoms with van der Waals surface area (Å²) >= 11 is 0. The minimum atomic E-state index is 0.288. The van der Waals surface area contributed by atoms with Crippen LogP contribution >= 0.6 is 8.58 Å². The van der Waals surface area contributed by atoms with Crippen LogP contribution in [0, 0.1) is 13.8 Å². The number of hydrogen-bond acceptors (Lipinski definition) is 2. The van der Waals surface area contributed by atoms with E-state index in [1.54, 1.807) is 7.11 Å². The lowest BCUT2D eigenvalue weighted by molar-refractivity contribution is 0.0504. The molecule has 0 fully saturated rings. The minimum absolute atomic E-state index is 0.288. The van der Waals surface area contributed by atoms with Crippen molar-refractivity contribution in [3.8, 4) is 5.75 Å². The number of hydrogen-bond donors (Lipinski definition) is 0. The van der Waals surface area contributed by atoms with Crippen molar-refractivity contribution in [2.75, 3.05) is 13.9 Å². The lowest BCUT2D eigenvalue weighted by Gasteiger charge is -2.18. The molecule has 2 aromatic carbocycles. The predicted molar refractivity (Wildman–Crippen MR) is 91.2 cm³/mol. The molecule has 0 aliphatic rings. The molecule has 2 atom stereocenters. The summed E-state index contributed by atoms with van der Waals surface area (Å²) in [5.41, 5.74) is 4.30. The smallest absolute Gasteiger partial charge is 0.188 e. The van der Waals surface area contributed by atoms with E-state index in [0.717, 1.165) is 14.3 Å². The van der Waals surface area contributed by atoms with E-state index < -0.39 is 0 Å². The Hall–Kier alpha value is -1.37. The number of aryl methyl sites for hydroxylation is 2. The molecule has 2 rings (SSSR count). The van der Waals surface area contributed by atoms with Crippen molar-refractivity contribution in [1.29, 1.82) is 0 Å². The van der Waals surface area contributed by atoms with Crippen molar-refractivity contribution in [1.82, 2.24) is 0 Å². The van der Waals surface area contributed by atoms with Crippen LogP contribution in [0.5, 0.6) is 5.75 Å². The van der Waals surface area contributed by atoms with Crippen LogP contribution in [-0.2, 0) is 4.74 Å². The van der Waals surface area contributed by atoms with E-state index in [2.05, 4.69) is 57.2 Å². The van der Waals surface area contributed by atoms with Crippen LogP contribution in [-0.4, -0.2) is 13.9 Å². The van der Waals surface area contributed by atoms with Crippen molar-refractivity contribution >= 4 is 13.9 Å². The lowest BCUT2D eigenvalue weighted by atomic mass is 10.1. The standard InChI is InChI=1S/C18H23O2P/c1-13-9-10-17(20-12-19-4)16(11-13)15(3)21-18-8-6-5-7-14(18)2/h5-11,15,21H,12H2,1-4H3. The van der Waals surface area contributed by atoms with Crippen molar-refractivity contribution in [3.63, 3.8) is 0 Å². The second kappa shape index (κ2) is 7.59. The van der Waals surface area contributed by atoms with Crippen LogP contribution in [0.1, 0.15) is 29.3 Å². The minimum Gasteiger partial charge on any atom is -0.467 e. The van der Waals surface area contributed by atoms with Crippen LogP contribution in [0.15, 0.2) is 42.5 Å². The van der Waals surface area contributed by atoms with Crippen molar-refractivity contribution in [2.24, 2.45) is 0 Å². The summed E-state index contributed by atoms with van der Waals surface area (Å²) in [5.74, 6) is 0.927. The monoisotopic (exact) mass is 302 g/mol. The quantitative estimate of drug-likeness (QED) is 0.583. The number of rotatable bonds is 6. The fourth-order valence-corrected chi connectivity index (χ4v) is 3.66. The predicted octanol–water partition coefficient (Wildman–Crippen LogP) is 4.35. The molecule has 21 heavy (non-hydrogen) atoms. The maximum Gasteiger partial charge on any atom is 0.188 e. The summed E-state index contributed by atoms with van der Waals surface area (Å²) < 4.78 is 10.7. The lowest BCUT2D eigenvalue weighted by Crippen LogP contribution is -2.05. The van der Waals surface area contributed by atoms with Gasteiger partial charge in [-0.25, -0.2) is 0 Å². The van der Waals surface area contributed by atoms with Gasteiger partial charge in [0.1, 0.15) is 5.75 Å². The normalized spacial score (nSPS) is 12.8. The van der Waals surface area contributed by atoms with E-state index in [9.17, 15) is 0 Å². The van der Waals surface area contributed by atoms with Crippen molar-refractivity contribution < 1.29 is 9.47 Å². The molecule has 0 saturated carbocycles. The number of benzene rings is 2. The Morgan fingerprint density at radius 2 is 1.86 bits per heavy atom. The average Bonchev–Trinajstić information content (AvgIpc) is 2.48. The molecule has 3 heteroatoms. The van der Waals surface area contributed by atoms with Gasteiger partial charge in [0.2, 0.25) is 0 Å². The van der Waals surface area contributed by atoms with E-state index in [1.165, 1.54) is 22.0 Å². The maximum atomic E-state index is 5.71. The van der Waals surface area contributed by atoms with Crippen molar-refractivity contribution in [2.45, 2.75) is 26.4 Å². The van der Waals surface area contributed by atoms with Gasteiger partial charge in [-0.15, -0.1) is 0 Å². The number of ether oxygens (including phenoxy) is 2. The average molecular weight is 302 g/mol. The summed E-state index contributed by atoms with van der Waals surface area (Å²) in [6.07, 6.45) is 0. The van der Waals surface area contributed by atoms with Crippen LogP contribution in [0.25, 0.3) is 0 Å². The van der Waals surface area contributed by atoms with Gasteiger partial charge in [-0.3, -0.25) is 0 Å². The summed E-state index contributed by atoms with van der Waals surface area (Å²) in [7, 11) is 2.38. The van der Waals surface area contributed by atoms with Crippen LogP contribution in [0.4, 0.5) is 0 Å². The van der Waals surface area contributed by atoms with Crippen molar-refractivity contribution in [3.05, 3.63) is 59.2 Å². The first-order chi connectivity index (χ1) is 10.1. The Morgan fingerprint density at radius 1 is 1.10 bits per heavy atom. The Morgan fingerprint density at radius 3 is 2.57 bits per heavy atom. The zero-order valence-corrected chi connectivity index (χ0v) is 14.1. The summed E-state index contributed by atoms with van der Waals surface area (Å²) in [4.78, 5) is 0. The summed E-state index contributed by atoms with van der Waals surface area (Å²) in [6, 6.07) is 14.9. The summed E-state index contributed by atoms with van der Waals surface area (Å²) in [5, 5.41) is 1.42. The van der Waals surface area contributed by atoms with E-state index in [-0.39, 0.29) is 6.79 Å². The van der Waals surface area contributed by atoms with Crippen LogP contribution in [0.3, 0.4) is 0 Å². The second-order valence-electron chi connectivity index (χ2n) is 5.27. The molecule has 0 saturated heterocycles. The topological polar surface area (TPSA) is 18.5 Å². The van der Waals surface area contributed by atoms with E-state index in [0.29, 0.717) is 5.66 Å². The molecule has 2 unspecified atom stereocenters. The molecule has 0 N–H and O–H groups in total. The van der Waals surface area contributed by atoms with Gasteiger partial charge in [-0.05, 0) is 30.8 Å². The Kier molecular flexibility index (Phi) is 5.78. The van der Waals surface area contributed by atoms with Gasteiger partial charge in [0.15, 0.2) is 6.79 Å². The zero-order chi connectivity index (χ0) is 15.2. The third kappa shape index (κ3) is 4.30. The highest BCUT2D eigenvalue weighted by molar-refractivity contribution is 7.47. The third-order valence-electron chi connectivity index (χ3n) is 3.48. The Balaban J connectivity index is 2.23. The first kappa shape index (κ1) is 16.0. The largest absolute Gasteiger partial charge is 0.467 e. The fourth-order valence-electron chi connectivity index (χ4n) is 2.31. The highest BCUT2D eigenvalue weighted by Gasteiger charge is 2.14. The molecule has 0 spiro atoms.